The van der Waals surface area contributed by atoms with Gasteiger partial charge in [0.05, 0.1) is 12.8 Å². The minimum Gasteiger partial charge on any atom is -0.493 e. The molecular formula is C15H21N3OS. The smallest absolute Gasteiger partial charge is 0.187 e. The molecule has 108 valence electrons. The van der Waals surface area contributed by atoms with Gasteiger partial charge in [0, 0.05) is 6.54 Å². The van der Waals surface area contributed by atoms with E-state index in [-0.39, 0.29) is 0 Å². The Kier molecular flexibility index (Phi) is 7.35. The maximum atomic E-state index is 5.61. The third kappa shape index (κ3) is 6.89. The summed E-state index contributed by atoms with van der Waals surface area (Å²) >= 11 is 5.01. The number of rotatable bonds is 7. The average molecular weight is 291 g/mol. The Hall–Kier alpha value is -1.88. The van der Waals surface area contributed by atoms with Gasteiger partial charge in [-0.05, 0) is 48.0 Å². The largest absolute Gasteiger partial charge is 0.493 e. The van der Waals surface area contributed by atoms with Gasteiger partial charge in [-0.15, -0.1) is 6.58 Å². The predicted molar refractivity (Wildman–Crippen MR) is 88.3 cm³/mol. The third-order valence-electron chi connectivity index (χ3n) is 2.25. The average Bonchev–Trinajstić information content (AvgIpc) is 2.44. The Morgan fingerprint density at radius 2 is 2.10 bits per heavy atom. The molecule has 0 heterocycles. The molecule has 0 aromatic heterocycles. The Balaban J connectivity index is 2.40. The van der Waals surface area contributed by atoms with Crippen molar-refractivity contribution in [3.8, 4) is 5.75 Å². The highest BCUT2D eigenvalue weighted by molar-refractivity contribution is 7.80. The van der Waals surface area contributed by atoms with Crippen molar-refractivity contribution in [1.29, 1.82) is 0 Å². The van der Waals surface area contributed by atoms with Crippen LogP contribution in [0.2, 0.25) is 0 Å². The summed E-state index contributed by atoms with van der Waals surface area (Å²) in [7, 11) is 0. The highest BCUT2D eigenvalue weighted by atomic mass is 32.1. The molecule has 0 radical (unpaired) electrons. The van der Waals surface area contributed by atoms with Crippen molar-refractivity contribution >= 4 is 23.5 Å². The Labute approximate surface area is 125 Å². The molecular weight excluding hydrogens is 270 g/mol. The van der Waals surface area contributed by atoms with Crippen molar-refractivity contribution in [2.45, 2.75) is 13.8 Å². The van der Waals surface area contributed by atoms with Crippen LogP contribution in [0.15, 0.2) is 42.0 Å². The number of nitrogens with zero attached hydrogens (tertiary/aromatic N) is 1. The third-order valence-corrected chi connectivity index (χ3v) is 2.49. The molecule has 5 heteroatoms. The Morgan fingerprint density at radius 1 is 1.40 bits per heavy atom. The van der Waals surface area contributed by atoms with Crippen molar-refractivity contribution in [3.05, 3.63) is 42.5 Å². The Bertz CT molecular complexity index is 455. The second-order valence-corrected chi connectivity index (χ2v) is 5.05. The molecule has 4 nitrogen and oxygen atoms in total. The van der Waals surface area contributed by atoms with Gasteiger partial charge in [-0.2, -0.15) is 5.10 Å². The first kappa shape index (κ1) is 16.2. The fourth-order valence-corrected chi connectivity index (χ4v) is 1.42. The first-order valence-electron chi connectivity index (χ1n) is 6.52. The van der Waals surface area contributed by atoms with E-state index < -0.39 is 0 Å². The highest BCUT2D eigenvalue weighted by Gasteiger charge is 1.97. The van der Waals surface area contributed by atoms with Gasteiger partial charge in [-0.25, -0.2) is 0 Å². The SMILES string of the molecule is C=CCNC(=S)NN=Cc1ccc(OCC(C)C)cc1. The maximum Gasteiger partial charge on any atom is 0.187 e. The van der Waals surface area contributed by atoms with Crippen molar-refractivity contribution in [3.63, 3.8) is 0 Å². The van der Waals surface area contributed by atoms with Crippen LogP contribution in [0.3, 0.4) is 0 Å². The van der Waals surface area contributed by atoms with Gasteiger partial charge in [-0.3, -0.25) is 5.43 Å². The normalized spacial score (nSPS) is 10.6. The van der Waals surface area contributed by atoms with E-state index in [1.807, 2.05) is 24.3 Å². The molecule has 1 rings (SSSR count). The summed E-state index contributed by atoms with van der Waals surface area (Å²) in [6.45, 7) is 9.17. The van der Waals surface area contributed by atoms with E-state index >= 15 is 0 Å². The molecule has 20 heavy (non-hydrogen) atoms. The van der Waals surface area contributed by atoms with Crippen LogP contribution in [-0.2, 0) is 0 Å². The molecule has 0 aliphatic heterocycles. The summed E-state index contributed by atoms with van der Waals surface area (Å²) < 4.78 is 5.61. The lowest BCUT2D eigenvalue weighted by Gasteiger charge is -2.08. The lowest BCUT2D eigenvalue weighted by atomic mass is 10.2. The van der Waals surface area contributed by atoms with Crippen molar-refractivity contribution in [2.24, 2.45) is 11.0 Å². The minimum atomic E-state index is 0.470. The first-order chi connectivity index (χ1) is 9.61. The molecule has 0 atom stereocenters. The van der Waals surface area contributed by atoms with E-state index in [0.29, 0.717) is 17.6 Å². The van der Waals surface area contributed by atoms with Crippen LogP contribution >= 0.6 is 12.2 Å². The molecule has 0 spiro atoms. The fraction of sp³-hybridized carbons (Fsp3) is 0.333. The van der Waals surface area contributed by atoms with Gasteiger partial charge in [0.1, 0.15) is 5.75 Å². The van der Waals surface area contributed by atoms with Gasteiger partial charge in [0.25, 0.3) is 0 Å². The first-order valence-corrected chi connectivity index (χ1v) is 6.93. The van der Waals surface area contributed by atoms with E-state index in [2.05, 4.69) is 36.3 Å². The molecule has 0 saturated carbocycles. The van der Waals surface area contributed by atoms with E-state index in [9.17, 15) is 0 Å². The van der Waals surface area contributed by atoms with Crippen molar-refractivity contribution in [2.75, 3.05) is 13.2 Å². The highest BCUT2D eigenvalue weighted by Crippen LogP contribution is 2.12. The number of hydrogen-bond acceptors (Lipinski definition) is 3. The number of ether oxygens (including phenoxy) is 1. The molecule has 2 N–H and O–H groups in total. The lowest BCUT2D eigenvalue weighted by molar-refractivity contribution is 0.271. The monoisotopic (exact) mass is 291 g/mol. The second-order valence-electron chi connectivity index (χ2n) is 4.64. The quantitative estimate of drug-likeness (QED) is 0.351. The summed E-state index contributed by atoms with van der Waals surface area (Å²) in [5.74, 6) is 1.39. The lowest BCUT2D eigenvalue weighted by Crippen LogP contribution is -2.31. The van der Waals surface area contributed by atoms with E-state index in [4.69, 9.17) is 17.0 Å². The summed E-state index contributed by atoms with van der Waals surface area (Å²) in [4.78, 5) is 0. The van der Waals surface area contributed by atoms with Crippen LogP contribution < -0.4 is 15.5 Å². The zero-order valence-corrected chi connectivity index (χ0v) is 12.7. The zero-order chi connectivity index (χ0) is 14.8. The predicted octanol–water partition coefficient (Wildman–Crippen LogP) is 2.71. The molecule has 0 aliphatic carbocycles. The number of nitrogens with one attached hydrogen (secondary N) is 2. The topological polar surface area (TPSA) is 45.7 Å². The molecule has 0 fully saturated rings. The van der Waals surface area contributed by atoms with Crippen molar-refractivity contribution in [1.82, 2.24) is 10.7 Å². The molecule has 0 unspecified atom stereocenters. The molecule has 0 aliphatic rings. The number of benzene rings is 1. The fourth-order valence-electron chi connectivity index (χ4n) is 1.28. The standard InChI is InChI=1S/C15H21N3OS/c1-4-9-16-15(20)18-17-10-13-5-7-14(8-6-13)19-11-12(2)3/h4-8,10,12H,1,9,11H2,2-3H3,(H2,16,18,20). The molecule has 0 amide bonds. The molecule has 1 aromatic rings. The summed E-state index contributed by atoms with van der Waals surface area (Å²) in [6, 6.07) is 7.75. The van der Waals surface area contributed by atoms with Crippen LogP contribution in [-0.4, -0.2) is 24.5 Å². The molecule has 0 saturated heterocycles. The van der Waals surface area contributed by atoms with Crippen molar-refractivity contribution < 1.29 is 4.74 Å². The van der Waals surface area contributed by atoms with Gasteiger partial charge in [0.15, 0.2) is 5.11 Å². The second kappa shape index (κ2) is 9.09. The molecule has 1 aromatic carbocycles. The van der Waals surface area contributed by atoms with Crippen LogP contribution in [0, 0.1) is 5.92 Å². The van der Waals surface area contributed by atoms with Gasteiger partial charge < -0.3 is 10.1 Å². The number of hydrazone groups is 1. The van der Waals surface area contributed by atoms with E-state index in [1.165, 1.54) is 0 Å². The minimum absolute atomic E-state index is 0.470. The Morgan fingerprint density at radius 3 is 2.70 bits per heavy atom. The number of hydrogen-bond donors (Lipinski definition) is 2. The zero-order valence-electron chi connectivity index (χ0n) is 11.9. The van der Waals surface area contributed by atoms with E-state index in [1.54, 1.807) is 12.3 Å². The van der Waals surface area contributed by atoms with E-state index in [0.717, 1.165) is 17.9 Å². The van der Waals surface area contributed by atoms with Crippen LogP contribution in [0.5, 0.6) is 5.75 Å². The maximum absolute atomic E-state index is 5.61. The van der Waals surface area contributed by atoms with Crippen LogP contribution in [0.4, 0.5) is 0 Å². The van der Waals surface area contributed by atoms with Gasteiger partial charge in [-0.1, -0.05) is 19.9 Å². The van der Waals surface area contributed by atoms with Gasteiger partial charge in [0.2, 0.25) is 0 Å². The summed E-state index contributed by atoms with van der Waals surface area (Å²) in [6.07, 6.45) is 3.43. The van der Waals surface area contributed by atoms with Crippen LogP contribution in [0.1, 0.15) is 19.4 Å². The summed E-state index contributed by atoms with van der Waals surface area (Å²) in [5, 5.41) is 7.44. The number of thiocarbonyl (C=S) groups is 1. The van der Waals surface area contributed by atoms with Gasteiger partial charge >= 0.3 is 0 Å². The van der Waals surface area contributed by atoms with Crippen LogP contribution in [0.25, 0.3) is 0 Å². The summed E-state index contributed by atoms with van der Waals surface area (Å²) in [5.41, 5.74) is 3.70. The molecule has 0 bridgehead atoms.